The van der Waals surface area contributed by atoms with Gasteiger partial charge in [0.2, 0.25) is 0 Å². The zero-order valence-corrected chi connectivity index (χ0v) is 24.0. The molecule has 2 unspecified atom stereocenters. The van der Waals surface area contributed by atoms with E-state index in [1.54, 1.807) is 0 Å². The van der Waals surface area contributed by atoms with Gasteiger partial charge in [0.15, 0.2) is 0 Å². The summed E-state index contributed by atoms with van der Waals surface area (Å²) in [5, 5.41) is 26.1. The molecule has 228 valence electrons. The normalized spacial score (nSPS) is 19.0. The van der Waals surface area contributed by atoms with Crippen LogP contribution in [0.1, 0.15) is 49.8 Å². The smallest absolute Gasteiger partial charge is 0.335 e. The molecule has 2 atom stereocenters. The molecule has 0 bridgehead atoms. The Bertz CT molecular complexity index is 1390. The third-order valence-corrected chi connectivity index (χ3v) is 8.23. The van der Waals surface area contributed by atoms with E-state index in [-0.39, 0.29) is 28.8 Å². The maximum atomic E-state index is 13.5. The molecule has 43 heavy (non-hydrogen) atoms. The van der Waals surface area contributed by atoms with Crippen molar-refractivity contribution in [3.63, 3.8) is 0 Å². The number of nitro groups is 1. The molecule has 2 heterocycles. The van der Waals surface area contributed by atoms with Gasteiger partial charge in [-0.3, -0.25) is 14.9 Å². The van der Waals surface area contributed by atoms with Gasteiger partial charge in [-0.25, -0.2) is 19.3 Å². The molecular formula is C30H35N5O8. The number of esters is 1. The summed E-state index contributed by atoms with van der Waals surface area (Å²) >= 11 is 0. The monoisotopic (exact) mass is 593 g/mol. The third kappa shape index (κ3) is 6.67. The van der Waals surface area contributed by atoms with Crippen LogP contribution in [0.5, 0.6) is 0 Å². The number of carbonyl (C=O) groups is 4. The summed E-state index contributed by atoms with van der Waals surface area (Å²) in [6.45, 7) is 3.82. The number of carboxylic acids is 1. The molecule has 13 heteroatoms. The quantitative estimate of drug-likeness (QED) is 0.211. The highest BCUT2D eigenvalue weighted by Crippen LogP contribution is 2.37. The van der Waals surface area contributed by atoms with Crippen molar-refractivity contribution in [2.24, 2.45) is 0 Å². The van der Waals surface area contributed by atoms with Crippen LogP contribution in [-0.2, 0) is 19.7 Å². The Balaban J connectivity index is 1.43. The van der Waals surface area contributed by atoms with E-state index in [9.17, 15) is 34.4 Å². The van der Waals surface area contributed by atoms with Crippen molar-refractivity contribution >= 4 is 29.7 Å². The standard InChI is InChI=1S/C30H35N5O8/c1-3-22(13-16-33-17-14-30(15-18-33,27(38)43-2)21-7-5-4-6-8-21)32-29(40)34-25(24(26(36)37)19-31-28(34)39)20-9-11-23(12-10-20)35(41)42/h4-12,19,22,25H,3,13-18H2,1-2H3,(H,31,39)(H,32,40)(H,36,37). The number of nitrogens with zero attached hydrogens (tertiary/aromatic N) is 3. The topological polar surface area (TPSA) is 171 Å². The Morgan fingerprint density at radius 2 is 1.79 bits per heavy atom. The molecular weight excluding hydrogens is 558 g/mol. The van der Waals surface area contributed by atoms with Crippen LogP contribution in [0.2, 0.25) is 0 Å². The molecule has 0 aliphatic carbocycles. The number of imide groups is 1. The molecule has 4 rings (SSSR count). The number of amides is 4. The van der Waals surface area contributed by atoms with Crippen LogP contribution < -0.4 is 10.6 Å². The first kappa shape index (κ1) is 31.2. The fourth-order valence-corrected chi connectivity index (χ4v) is 5.72. The van der Waals surface area contributed by atoms with Gasteiger partial charge in [-0.15, -0.1) is 0 Å². The highest BCUT2D eigenvalue weighted by atomic mass is 16.6. The van der Waals surface area contributed by atoms with Gasteiger partial charge in [0.25, 0.3) is 5.69 Å². The number of rotatable bonds is 10. The lowest BCUT2D eigenvalue weighted by Gasteiger charge is -2.40. The zero-order chi connectivity index (χ0) is 31.1. The number of carbonyl (C=O) groups excluding carboxylic acids is 3. The molecule has 1 saturated heterocycles. The number of aliphatic carboxylic acids is 1. The van der Waals surface area contributed by atoms with E-state index in [1.807, 2.05) is 37.3 Å². The summed E-state index contributed by atoms with van der Waals surface area (Å²) in [6, 6.07) is 11.4. The maximum absolute atomic E-state index is 13.5. The minimum atomic E-state index is -1.35. The Hall–Kier alpha value is -4.78. The van der Waals surface area contributed by atoms with Crippen LogP contribution in [0.4, 0.5) is 15.3 Å². The Kier molecular flexibility index (Phi) is 9.76. The lowest BCUT2D eigenvalue weighted by molar-refractivity contribution is -0.384. The van der Waals surface area contributed by atoms with E-state index in [0.717, 1.165) is 16.7 Å². The van der Waals surface area contributed by atoms with Gasteiger partial charge in [0.05, 0.1) is 23.0 Å². The van der Waals surface area contributed by atoms with Crippen LogP contribution in [-0.4, -0.2) is 76.6 Å². The summed E-state index contributed by atoms with van der Waals surface area (Å²) in [4.78, 5) is 64.7. The molecule has 2 aromatic carbocycles. The van der Waals surface area contributed by atoms with Gasteiger partial charge in [0.1, 0.15) is 6.04 Å². The number of hydrogen-bond donors (Lipinski definition) is 3. The summed E-state index contributed by atoms with van der Waals surface area (Å²) < 4.78 is 5.17. The molecule has 0 spiro atoms. The van der Waals surface area contributed by atoms with E-state index in [4.69, 9.17) is 4.74 Å². The number of likely N-dealkylation sites (tertiary alicyclic amines) is 1. The molecule has 3 N–H and O–H groups in total. The highest BCUT2D eigenvalue weighted by molar-refractivity contribution is 6.00. The summed E-state index contributed by atoms with van der Waals surface area (Å²) in [5.41, 5.74) is -0.0282. The Morgan fingerprint density at radius 3 is 2.35 bits per heavy atom. The van der Waals surface area contributed by atoms with Gasteiger partial charge in [0, 0.05) is 30.9 Å². The summed E-state index contributed by atoms with van der Waals surface area (Å²) in [5.74, 6) is -1.61. The fraction of sp³-hybridized carbons (Fsp3) is 0.400. The number of urea groups is 2. The second-order valence-corrected chi connectivity index (χ2v) is 10.6. The first-order valence-corrected chi connectivity index (χ1v) is 14.1. The lowest BCUT2D eigenvalue weighted by Crippen LogP contribution is -2.55. The van der Waals surface area contributed by atoms with E-state index in [1.165, 1.54) is 31.4 Å². The first-order chi connectivity index (χ1) is 20.6. The van der Waals surface area contributed by atoms with Crippen LogP contribution in [0.15, 0.2) is 66.4 Å². The van der Waals surface area contributed by atoms with Crippen molar-refractivity contribution in [3.05, 3.63) is 87.6 Å². The number of non-ortho nitro benzene ring substituents is 1. The average molecular weight is 594 g/mol. The fourth-order valence-electron chi connectivity index (χ4n) is 5.72. The largest absolute Gasteiger partial charge is 0.478 e. The number of nitro benzene ring substituents is 1. The predicted octanol–water partition coefficient (Wildman–Crippen LogP) is 3.71. The predicted molar refractivity (Wildman–Crippen MR) is 155 cm³/mol. The minimum Gasteiger partial charge on any atom is -0.478 e. The molecule has 1 fully saturated rings. The van der Waals surface area contributed by atoms with E-state index in [0.29, 0.717) is 45.3 Å². The van der Waals surface area contributed by atoms with E-state index < -0.39 is 34.4 Å². The number of benzene rings is 2. The molecule has 2 aliphatic rings. The van der Waals surface area contributed by atoms with Gasteiger partial charge >= 0.3 is 24.0 Å². The maximum Gasteiger partial charge on any atom is 0.335 e. The number of piperidine rings is 1. The van der Waals surface area contributed by atoms with Crippen molar-refractivity contribution in [1.29, 1.82) is 0 Å². The number of methoxy groups -OCH3 is 1. The van der Waals surface area contributed by atoms with E-state index >= 15 is 0 Å². The lowest BCUT2D eigenvalue weighted by atomic mass is 9.72. The Morgan fingerprint density at radius 1 is 1.14 bits per heavy atom. The van der Waals surface area contributed by atoms with Crippen molar-refractivity contribution in [3.8, 4) is 0 Å². The number of hydrogen-bond acceptors (Lipinski definition) is 8. The molecule has 0 saturated carbocycles. The second-order valence-electron chi connectivity index (χ2n) is 10.6. The number of nitrogens with one attached hydrogen (secondary N) is 2. The van der Waals surface area contributed by atoms with Crippen molar-refractivity contribution in [2.75, 3.05) is 26.7 Å². The van der Waals surface area contributed by atoms with Crippen molar-refractivity contribution in [1.82, 2.24) is 20.4 Å². The third-order valence-electron chi connectivity index (χ3n) is 8.23. The molecule has 4 amide bonds. The van der Waals surface area contributed by atoms with Crippen molar-refractivity contribution < 1.29 is 33.9 Å². The van der Waals surface area contributed by atoms with Gasteiger partial charge in [-0.05, 0) is 62.0 Å². The molecule has 0 aromatic heterocycles. The summed E-state index contributed by atoms with van der Waals surface area (Å²) in [7, 11) is 1.40. The van der Waals surface area contributed by atoms with Crippen LogP contribution >= 0.6 is 0 Å². The number of ether oxygens (including phenoxy) is 1. The van der Waals surface area contributed by atoms with Crippen LogP contribution in [0, 0.1) is 10.1 Å². The average Bonchev–Trinajstić information content (AvgIpc) is 3.02. The van der Waals surface area contributed by atoms with Gasteiger partial charge < -0.3 is 25.4 Å². The van der Waals surface area contributed by atoms with Gasteiger partial charge in [-0.2, -0.15) is 0 Å². The highest BCUT2D eigenvalue weighted by Gasteiger charge is 2.44. The van der Waals surface area contributed by atoms with Crippen LogP contribution in [0.3, 0.4) is 0 Å². The Labute approximate surface area is 248 Å². The second kappa shape index (κ2) is 13.5. The molecule has 2 aromatic rings. The SMILES string of the molecule is CCC(CCN1CCC(C(=O)OC)(c2ccccc2)CC1)NC(=O)N1C(=O)NC=C(C(=O)O)C1c1ccc([N+](=O)[O-])cc1. The molecule has 13 nitrogen and oxygen atoms in total. The summed E-state index contributed by atoms with van der Waals surface area (Å²) in [6.07, 6.45) is 3.30. The number of carboxylic acid groups (broad SMARTS) is 1. The molecule has 2 aliphatic heterocycles. The minimum absolute atomic E-state index is 0.211. The molecule has 0 radical (unpaired) electrons. The van der Waals surface area contributed by atoms with Crippen LogP contribution in [0.25, 0.3) is 0 Å². The van der Waals surface area contributed by atoms with Crippen molar-refractivity contribution in [2.45, 2.75) is 50.1 Å². The van der Waals surface area contributed by atoms with Gasteiger partial charge in [-0.1, -0.05) is 37.3 Å². The first-order valence-electron chi connectivity index (χ1n) is 14.1. The zero-order valence-electron chi connectivity index (χ0n) is 24.0. The van der Waals surface area contributed by atoms with E-state index in [2.05, 4.69) is 15.5 Å².